The summed E-state index contributed by atoms with van der Waals surface area (Å²) in [6, 6.07) is 6.48. The van der Waals surface area contributed by atoms with Gasteiger partial charge in [-0.2, -0.15) is 0 Å². The largest absolute Gasteiger partial charge is 0.493 e. The second-order valence-corrected chi connectivity index (χ2v) is 5.81. The van der Waals surface area contributed by atoms with Gasteiger partial charge in [0.2, 0.25) is 0 Å². The predicted octanol–water partition coefficient (Wildman–Crippen LogP) is 2.36. The molecule has 0 aromatic heterocycles. The van der Waals surface area contributed by atoms with Crippen LogP contribution in [-0.4, -0.2) is 61.7 Å². The van der Waals surface area contributed by atoms with Crippen molar-refractivity contribution >= 4 is 11.9 Å². The molecule has 0 amide bonds. The molecule has 1 rings (SSSR count). The molecule has 0 radical (unpaired) electrons. The number of rotatable bonds is 12. The smallest absolute Gasteiger partial charge is 0.414 e. The topological polar surface area (TPSA) is 114 Å². The lowest BCUT2D eigenvalue weighted by Gasteiger charge is -2.13. The van der Waals surface area contributed by atoms with Crippen molar-refractivity contribution in [3.63, 3.8) is 0 Å². The maximum Gasteiger partial charge on any atom is 0.414 e. The molecule has 0 aliphatic heterocycles. The second-order valence-electron chi connectivity index (χ2n) is 5.81. The van der Waals surface area contributed by atoms with Crippen molar-refractivity contribution in [2.45, 2.75) is 32.7 Å². The fourth-order valence-electron chi connectivity index (χ4n) is 1.96. The third kappa shape index (κ3) is 11.9. The van der Waals surface area contributed by atoms with Gasteiger partial charge in [0.05, 0.1) is 20.3 Å². The maximum atomic E-state index is 9.10. The van der Waals surface area contributed by atoms with Gasteiger partial charge in [-0.15, -0.1) is 6.58 Å². The van der Waals surface area contributed by atoms with E-state index in [-0.39, 0.29) is 0 Å². The third-order valence-electron chi connectivity index (χ3n) is 3.63. The molecule has 0 bridgehead atoms. The Morgan fingerprint density at radius 3 is 2.39 bits per heavy atom. The summed E-state index contributed by atoms with van der Waals surface area (Å²) in [7, 11) is 1.65. The van der Waals surface area contributed by atoms with E-state index in [4.69, 9.17) is 34.0 Å². The van der Waals surface area contributed by atoms with Crippen LogP contribution in [-0.2, 0) is 20.7 Å². The van der Waals surface area contributed by atoms with Gasteiger partial charge in [0.1, 0.15) is 6.61 Å². The molecule has 3 N–H and O–H groups in total. The molecule has 158 valence electrons. The molecule has 1 atom stereocenters. The summed E-state index contributed by atoms with van der Waals surface area (Å²) in [5.74, 6) is -2.15. The lowest BCUT2D eigenvalue weighted by atomic mass is 10.1. The van der Waals surface area contributed by atoms with Gasteiger partial charge < -0.3 is 29.7 Å². The van der Waals surface area contributed by atoms with Crippen molar-refractivity contribution in [3.8, 4) is 11.5 Å². The average molecular weight is 397 g/mol. The van der Waals surface area contributed by atoms with E-state index in [2.05, 4.69) is 25.7 Å². The molecule has 1 aromatic carbocycles. The van der Waals surface area contributed by atoms with Crippen molar-refractivity contribution in [2.75, 3.05) is 33.5 Å². The molecule has 0 saturated heterocycles. The SMILES string of the molecule is C=CCc1ccc(OCCOCCNC(C)CC)c(OC)c1.O=C(O)C(=O)O. The highest BCUT2D eigenvalue weighted by Crippen LogP contribution is 2.28. The minimum atomic E-state index is -1.82. The van der Waals surface area contributed by atoms with E-state index in [1.165, 1.54) is 0 Å². The Morgan fingerprint density at radius 1 is 1.18 bits per heavy atom. The lowest BCUT2D eigenvalue weighted by molar-refractivity contribution is -0.159. The summed E-state index contributed by atoms with van der Waals surface area (Å²) in [5, 5.41) is 18.2. The van der Waals surface area contributed by atoms with Gasteiger partial charge in [-0.3, -0.25) is 0 Å². The van der Waals surface area contributed by atoms with Crippen molar-refractivity contribution in [3.05, 3.63) is 36.4 Å². The van der Waals surface area contributed by atoms with Crippen LogP contribution in [0.4, 0.5) is 0 Å². The van der Waals surface area contributed by atoms with Crippen molar-refractivity contribution in [1.82, 2.24) is 5.32 Å². The van der Waals surface area contributed by atoms with Crippen LogP contribution in [0, 0.1) is 0 Å². The van der Waals surface area contributed by atoms with E-state index in [9.17, 15) is 0 Å². The van der Waals surface area contributed by atoms with Gasteiger partial charge in [0, 0.05) is 12.6 Å². The van der Waals surface area contributed by atoms with E-state index < -0.39 is 11.9 Å². The first kappa shape index (κ1) is 25.4. The fourth-order valence-corrected chi connectivity index (χ4v) is 1.96. The highest BCUT2D eigenvalue weighted by atomic mass is 16.5. The van der Waals surface area contributed by atoms with Crippen LogP contribution >= 0.6 is 0 Å². The Hall–Kier alpha value is -2.58. The molecular formula is C20H31NO7. The normalized spacial score (nSPS) is 11.0. The Morgan fingerprint density at radius 2 is 1.86 bits per heavy atom. The standard InChI is InChI=1S/C18H29NO3.C2H2O4/c1-5-7-16-8-9-17(18(14-16)20-4)22-13-12-21-11-10-19-15(3)6-2;3-1(4)2(5)6/h5,8-9,14-15,19H,1,6-7,10-13H2,2-4H3;(H,3,4)(H,5,6). The summed E-state index contributed by atoms with van der Waals surface area (Å²) in [5.41, 5.74) is 1.16. The number of ether oxygens (including phenoxy) is 3. The molecule has 8 heteroatoms. The van der Waals surface area contributed by atoms with Crippen LogP contribution in [0.25, 0.3) is 0 Å². The number of benzene rings is 1. The first-order valence-corrected chi connectivity index (χ1v) is 9.03. The number of hydrogen-bond donors (Lipinski definition) is 3. The second kappa shape index (κ2) is 15.5. The zero-order chi connectivity index (χ0) is 21.4. The first-order valence-electron chi connectivity index (χ1n) is 9.03. The fraction of sp³-hybridized carbons (Fsp3) is 0.500. The van der Waals surface area contributed by atoms with Crippen LogP contribution in [0.1, 0.15) is 25.8 Å². The van der Waals surface area contributed by atoms with Crippen LogP contribution in [0.15, 0.2) is 30.9 Å². The van der Waals surface area contributed by atoms with Crippen molar-refractivity contribution in [2.24, 2.45) is 0 Å². The molecule has 28 heavy (non-hydrogen) atoms. The maximum absolute atomic E-state index is 9.10. The average Bonchev–Trinajstić information content (AvgIpc) is 2.68. The number of aliphatic carboxylic acids is 2. The number of allylic oxidation sites excluding steroid dienone is 1. The van der Waals surface area contributed by atoms with Crippen LogP contribution in [0.3, 0.4) is 0 Å². The number of carboxylic acids is 2. The zero-order valence-corrected chi connectivity index (χ0v) is 16.8. The molecule has 0 fully saturated rings. The summed E-state index contributed by atoms with van der Waals surface area (Å²) in [6.45, 7) is 10.7. The number of nitrogens with one attached hydrogen (secondary N) is 1. The Balaban J connectivity index is 0.00000105. The molecule has 0 spiro atoms. The Labute approximate surface area is 166 Å². The molecular weight excluding hydrogens is 366 g/mol. The van der Waals surface area contributed by atoms with Crippen molar-refractivity contribution in [1.29, 1.82) is 0 Å². The van der Waals surface area contributed by atoms with Gasteiger partial charge in [0.15, 0.2) is 11.5 Å². The van der Waals surface area contributed by atoms with Crippen LogP contribution < -0.4 is 14.8 Å². The van der Waals surface area contributed by atoms with Gasteiger partial charge in [-0.1, -0.05) is 19.1 Å². The monoisotopic (exact) mass is 397 g/mol. The van der Waals surface area contributed by atoms with Gasteiger partial charge >= 0.3 is 11.9 Å². The van der Waals surface area contributed by atoms with E-state index in [0.29, 0.717) is 25.9 Å². The van der Waals surface area contributed by atoms with Gasteiger partial charge in [-0.25, -0.2) is 9.59 Å². The molecule has 0 saturated carbocycles. The quantitative estimate of drug-likeness (QED) is 0.280. The summed E-state index contributed by atoms with van der Waals surface area (Å²) < 4.78 is 16.6. The Kier molecular flexibility index (Phi) is 14.0. The number of methoxy groups -OCH3 is 1. The summed E-state index contributed by atoms with van der Waals surface area (Å²) in [4.78, 5) is 18.2. The van der Waals surface area contributed by atoms with Gasteiger partial charge in [0.25, 0.3) is 0 Å². The van der Waals surface area contributed by atoms with Crippen molar-refractivity contribution < 1.29 is 34.0 Å². The Bertz CT molecular complexity index is 592. The highest BCUT2D eigenvalue weighted by molar-refractivity contribution is 6.27. The van der Waals surface area contributed by atoms with E-state index in [0.717, 1.165) is 36.4 Å². The molecule has 1 unspecified atom stereocenters. The van der Waals surface area contributed by atoms with E-state index >= 15 is 0 Å². The molecule has 0 aliphatic rings. The summed E-state index contributed by atoms with van der Waals surface area (Å²) in [6.07, 6.45) is 3.82. The number of carboxylic acid groups (broad SMARTS) is 2. The molecule has 1 aromatic rings. The third-order valence-corrected chi connectivity index (χ3v) is 3.63. The van der Waals surface area contributed by atoms with E-state index in [1.807, 2.05) is 24.3 Å². The predicted molar refractivity (Wildman–Crippen MR) is 106 cm³/mol. The van der Waals surface area contributed by atoms with Crippen LogP contribution in [0.5, 0.6) is 11.5 Å². The number of carbonyl (C=O) groups is 2. The van der Waals surface area contributed by atoms with Gasteiger partial charge in [-0.05, 0) is 37.5 Å². The molecule has 0 heterocycles. The lowest BCUT2D eigenvalue weighted by Crippen LogP contribution is -2.29. The first-order chi connectivity index (χ1) is 13.3. The van der Waals surface area contributed by atoms with E-state index in [1.54, 1.807) is 7.11 Å². The highest BCUT2D eigenvalue weighted by Gasteiger charge is 2.05. The zero-order valence-electron chi connectivity index (χ0n) is 16.8. The minimum absolute atomic E-state index is 0.514. The minimum Gasteiger partial charge on any atom is -0.493 e. The van der Waals surface area contributed by atoms with Crippen LogP contribution in [0.2, 0.25) is 0 Å². The molecule has 0 aliphatic carbocycles. The molecule has 8 nitrogen and oxygen atoms in total. The number of hydrogen-bond acceptors (Lipinski definition) is 6. The summed E-state index contributed by atoms with van der Waals surface area (Å²) >= 11 is 0.